The van der Waals surface area contributed by atoms with Crippen LogP contribution in [0, 0.1) is 0 Å². The fraction of sp³-hybridized carbons (Fsp3) is 0.154. The van der Waals surface area contributed by atoms with E-state index in [1.165, 1.54) is 0 Å². The molecule has 8 heteroatoms. The van der Waals surface area contributed by atoms with Crippen LogP contribution < -0.4 is 19.5 Å². The first-order chi connectivity index (χ1) is 16.7. The number of ether oxygens (including phenoxy) is 4. The lowest BCUT2D eigenvalue weighted by Crippen LogP contribution is -2.28. The molecule has 1 aromatic heterocycles. The maximum atomic E-state index is 12.8. The van der Waals surface area contributed by atoms with Crippen molar-refractivity contribution in [3.8, 4) is 17.2 Å². The van der Waals surface area contributed by atoms with Crippen LogP contribution in [-0.4, -0.2) is 25.3 Å². The molecule has 0 bridgehead atoms. The lowest BCUT2D eigenvalue weighted by atomic mass is 10.1. The Balaban J connectivity index is 1.22. The molecule has 0 fully saturated rings. The lowest BCUT2D eigenvalue weighted by Gasteiger charge is -2.08. The predicted octanol–water partition coefficient (Wildman–Crippen LogP) is 4.21. The first-order valence-corrected chi connectivity index (χ1v) is 10.7. The molecule has 1 N–H and O–H groups in total. The van der Waals surface area contributed by atoms with Crippen molar-refractivity contribution in [3.05, 3.63) is 89.7 Å². The average Bonchev–Trinajstić information content (AvgIpc) is 3.49. The summed E-state index contributed by atoms with van der Waals surface area (Å²) in [7, 11) is 0. The molecule has 0 saturated carbocycles. The van der Waals surface area contributed by atoms with Gasteiger partial charge in [0, 0.05) is 11.9 Å². The maximum Gasteiger partial charge on any atom is 0.375 e. The van der Waals surface area contributed by atoms with E-state index >= 15 is 0 Å². The minimum Gasteiger partial charge on any atom is -0.489 e. The Morgan fingerprint density at radius 3 is 2.59 bits per heavy atom. The van der Waals surface area contributed by atoms with Crippen LogP contribution in [0.3, 0.4) is 0 Å². The van der Waals surface area contributed by atoms with E-state index in [2.05, 4.69) is 5.32 Å². The van der Waals surface area contributed by atoms with Gasteiger partial charge in [0.1, 0.15) is 17.9 Å². The molecule has 5 rings (SSSR count). The largest absolute Gasteiger partial charge is 0.489 e. The molecule has 1 aliphatic heterocycles. The molecule has 0 saturated heterocycles. The molecule has 3 aromatic carbocycles. The van der Waals surface area contributed by atoms with Crippen molar-refractivity contribution < 1.29 is 33.0 Å². The summed E-state index contributed by atoms with van der Waals surface area (Å²) >= 11 is 0. The van der Waals surface area contributed by atoms with E-state index in [-0.39, 0.29) is 25.7 Å². The number of carbonyl (C=O) groups is 2. The van der Waals surface area contributed by atoms with Gasteiger partial charge in [0.25, 0.3) is 5.91 Å². The standard InChI is InChI=1S/C26H21NO7/c28-24(27-13-17-10-11-22-23(12-17)33-16-32-22)15-31-26(29)25-20(14-30-18-6-2-1-3-7-18)19-8-4-5-9-21(19)34-25/h1-12H,13-16H2,(H,27,28). The molecule has 0 radical (unpaired) electrons. The third-order valence-corrected chi connectivity index (χ3v) is 5.27. The fourth-order valence-electron chi connectivity index (χ4n) is 3.58. The summed E-state index contributed by atoms with van der Waals surface area (Å²) in [5.74, 6) is 0.802. The second-order valence-corrected chi connectivity index (χ2v) is 7.55. The van der Waals surface area contributed by atoms with Crippen LogP contribution in [0.5, 0.6) is 17.2 Å². The highest BCUT2D eigenvalue weighted by Crippen LogP contribution is 2.32. The third-order valence-electron chi connectivity index (χ3n) is 5.27. The van der Waals surface area contributed by atoms with Crippen LogP contribution in [-0.2, 0) is 22.7 Å². The van der Waals surface area contributed by atoms with Gasteiger partial charge in [-0.3, -0.25) is 4.79 Å². The zero-order valence-corrected chi connectivity index (χ0v) is 18.1. The van der Waals surface area contributed by atoms with Gasteiger partial charge >= 0.3 is 5.97 Å². The highest BCUT2D eigenvalue weighted by molar-refractivity contribution is 5.96. The van der Waals surface area contributed by atoms with Crippen molar-refractivity contribution >= 4 is 22.8 Å². The number of amides is 1. The average molecular weight is 459 g/mol. The van der Waals surface area contributed by atoms with Gasteiger partial charge in [0.15, 0.2) is 18.1 Å². The smallest absolute Gasteiger partial charge is 0.375 e. The summed E-state index contributed by atoms with van der Waals surface area (Å²) in [4.78, 5) is 25.0. The summed E-state index contributed by atoms with van der Waals surface area (Å²) in [6, 6.07) is 21.9. The maximum absolute atomic E-state index is 12.8. The third kappa shape index (κ3) is 4.66. The van der Waals surface area contributed by atoms with Crippen LogP contribution in [0.2, 0.25) is 0 Å². The minimum atomic E-state index is -0.735. The van der Waals surface area contributed by atoms with Crippen LogP contribution >= 0.6 is 0 Å². The van der Waals surface area contributed by atoms with Gasteiger partial charge < -0.3 is 28.7 Å². The molecule has 34 heavy (non-hydrogen) atoms. The second kappa shape index (κ2) is 9.58. The van der Waals surface area contributed by atoms with Crippen molar-refractivity contribution in [3.63, 3.8) is 0 Å². The van der Waals surface area contributed by atoms with Crippen molar-refractivity contribution in [2.45, 2.75) is 13.2 Å². The molecule has 8 nitrogen and oxygen atoms in total. The predicted molar refractivity (Wildman–Crippen MR) is 122 cm³/mol. The van der Waals surface area contributed by atoms with E-state index in [4.69, 9.17) is 23.4 Å². The van der Waals surface area contributed by atoms with Gasteiger partial charge in [-0.2, -0.15) is 0 Å². The van der Waals surface area contributed by atoms with E-state index in [1.807, 2.05) is 54.6 Å². The number of furan rings is 1. The number of hydrogen-bond donors (Lipinski definition) is 1. The number of fused-ring (bicyclic) bond motifs is 2. The summed E-state index contributed by atoms with van der Waals surface area (Å²) in [6.45, 7) is 0.107. The molecular weight excluding hydrogens is 438 g/mol. The fourth-order valence-corrected chi connectivity index (χ4v) is 3.58. The summed E-state index contributed by atoms with van der Waals surface area (Å²) in [5.41, 5.74) is 1.93. The molecular formula is C26H21NO7. The summed E-state index contributed by atoms with van der Waals surface area (Å²) < 4.78 is 27.4. The first kappa shape index (κ1) is 21.4. The van der Waals surface area contributed by atoms with E-state index in [0.717, 1.165) is 10.9 Å². The highest BCUT2D eigenvalue weighted by atomic mass is 16.7. The number of benzene rings is 3. The lowest BCUT2D eigenvalue weighted by molar-refractivity contribution is -0.124. The Morgan fingerprint density at radius 2 is 1.71 bits per heavy atom. The highest BCUT2D eigenvalue weighted by Gasteiger charge is 2.23. The number of hydrogen-bond acceptors (Lipinski definition) is 7. The number of para-hydroxylation sites is 2. The second-order valence-electron chi connectivity index (χ2n) is 7.55. The van der Waals surface area contributed by atoms with Gasteiger partial charge in [-0.15, -0.1) is 0 Å². The molecule has 0 spiro atoms. The summed E-state index contributed by atoms with van der Waals surface area (Å²) in [5, 5.41) is 3.46. The Labute approximate surface area is 195 Å². The Morgan fingerprint density at radius 1 is 0.912 bits per heavy atom. The Bertz CT molecular complexity index is 1330. The van der Waals surface area contributed by atoms with Crippen LogP contribution in [0.1, 0.15) is 21.7 Å². The quantitative estimate of drug-likeness (QED) is 0.394. The topological polar surface area (TPSA) is 96.2 Å². The van der Waals surface area contributed by atoms with Crippen molar-refractivity contribution in [2.75, 3.05) is 13.4 Å². The van der Waals surface area contributed by atoms with Crippen LogP contribution in [0.4, 0.5) is 0 Å². The van der Waals surface area contributed by atoms with Crippen LogP contribution in [0.15, 0.2) is 77.2 Å². The van der Waals surface area contributed by atoms with E-state index in [1.54, 1.807) is 18.2 Å². The monoisotopic (exact) mass is 459 g/mol. The molecule has 172 valence electrons. The van der Waals surface area contributed by atoms with Crippen molar-refractivity contribution in [1.29, 1.82) is 0 Å². The zero-order chi connectivity index (χ0) is 23.3. The Kier molecular flexibility index (Phi) is 6.03. The number of esters is 1. The van der Waals surface area contributed by atoms with Gasteiger partial charge in [-0.25, -0.2) is 4.79 Å². The molecule has 2 heterocycles. The van der Waals surface area contributed by atoms with E-state index in [9.17, 15) is 9.59 Å². The first-order valence-electron chi connectivity index (χ1n) is 10.7. The molecule has 0 unspecified atom stereocenters. The van der Waals surface area contributed by atoms with Gasteiger partial charge in [0.05, 0.1) is 5.56 Å². The molecule has 0 aliphatic carbocycles. The number of rotatable bonds is 8. The molecule has 1 aliphatic rings. The van der Waals surface area contributed by atoms with E-state index in [0.29, 0.717) is 28.4 Å². The Hall–Kier alpha value is -4.46. The molecule has 0 atom stereocenters. The van der Waals surface area contributed by atoms with Crippen molar-refractivity contribution in [2.24, 2.45) is 0 Å². The zero-order valence-electron chi connectivity index (χ0n) is 18.1. The van der Waals surface area contributed by atoms with Crippen LogP contribution in [0.25, 0.3) is 11.0 Å². The van der Waals surface area contributed by atoms with Gasteiger partial charge in [0.2, 0.25) is 12.6 Å². The van der Waals surface area contributed by atoms with Gasteiger partial charge in [-0.05, 0) is 35.9 Å². The minimum absolute atomic E-state index is 0.0145. The molecule has 4 aromatic rings. The number of nitrogens with one attached hydrogen (secondary N) is 1. The molecule has 1 amide bonds. The van der Waals surface area contributed by atoms with Crippen molar-refractivity contribution in [1.82, 2.24) is 5.32 Å². The summed E-state index contributed by atoms with van der Waals surface area (Å²) in [6.07, 6.45) is 0. The van der Waals surface area contributed by atoms with E-state index < -0.39 is 18.5 Å². The number of carbonyl (C=O) groups excluding carboxylic acids is 2. The normalized spacial score (nSPS) is 11.9. The SMILES string of the molecule is O=C(COC(=O)c1oc2ccccc2c1COc1ccccc1)NCc1ccc2c(c1)OCO2. The van der Waals surface area contributed by atoms with Gasteiger partial charge in [-0.1, -0.05) is 42.5 Å².